The van der Waals surface area contributed by atoms with Gasteiger partial charge in [-0.15, -0.1) is 0 Å². The molecule has 0 amide bonds. The van der Waals surface area contributed by atoms with Crippen molar-refractivity contribution < 1.29 is 0 Å². The molecule has 2 aliphatic carbocycles. The second-order valence-corrected chi connectivity index (χ2v) is 5.07. The number of fused-ring (bicyclic) bond motifs is 3. The van der Waals surface area contributed by atoms with Gasteiger partial charge >= 0.3 is 0 Å². The molecular weight excluding hydrogens is 228 g/mol. The van der Waals surface area contributed by atoms with Crippen LogP contribution >= 0.6 is 0 Å². The minimum Gasteiger partial charge on any atom is -0.0802 e. The Morgan fingerprint density at radius 2 is 1.68 bits per heavy atom. The van der Waals surface area contributed by atoms with E-state index in [0.29, 0.717) is 5.92 Å². The van der Waals surface area contributed by atoms with Gasteiger partial charge in [-0.05, 0) is 30.4 Å². The molecule has 2 atom stereocenters. The van der Waals surface area contributed by atoms with E-state index in [9.17, 15) is 0 Å². The molecule has 0 aliphatic heterocycles. The van der Waals surface area contributed by atoms with E-state index in [1.54, 1.807) is 11.1 Å². The Hall–Kier alpha value is -1.30. The predicted octanol–water partition coefficient (Wildman–Crippen LogP) is 5.82. The van der Waals surface area contributed by atoms with Gasteiger partial charge in [0.1, 0.15) is 0 Å². The third-order valence-electron chi connectivity index (χ3n) is 3.36. The molecule has 0 heteroatoms. The summed E-state index contributed by atoms with van der Waals surface area (Å²) in [5, 5.41) is 0. The molecule has 104 valence electrons. The normalized spacial score (nSPS) is 21.5. The van der Waals surface area contributed by atoms with E-state index in [0.717, 1.165) is 5.92 Å². The van der Waals surface area contributed by atoms with E-state index >= 15 is 0 Å². The molecule has 0 nitrogen and oxygen atoms in total. The minimum atomic E-state index is 0.649. The topological polar surface area (TPSA) is 0 Å². The molecule has 0 N–H and O–H groups in total. The quantitative estimate of drug-likeness (QED) is 0.548. The van der Waals surface area contributed by atoms with Crippen LogP contribution in [0.15, 0.2) is 42.5 Å². The smallest absolute Gasteiger partial charge is 0.00899 e. The van der Waals surface area contributed by atoms with Crippen LogP contribution in [0.25, 0.3) is 0 Å². The first kappa shape index (κ1) is 15.8. The number of benzene rings is 1. The minimum absolute atomic E-state index is 0.649. The fraction of sp³-hybridized carbons (Fsp3) is 0.474. The lowest BCUT2D eigenvalue weighted by Gasteiger charge is -2.15. The van der Waals surface area contributed by atoms with Crippen molar-refractivity contribution >= 4 is 0 Å². The third kappa shape index (κ3) is 3.83. The van der Waals surface area contributed by atoms with E-state index < -0.39 is 0 Å². The Morgan fingerprint density at radius 1 is 1.05 bits per heavy atom. The zero-order valence-electron chi connectivity index (χ0n) is 13.1. The summed E-state index contributed by atoms with van der Waals surface area (Å²) in [5.74, 6) is 1.37. The average molecular weight is 256 g/mol. The molecule has 1 aromatic carbocycles. The molecule has 0 spiro atoms. The zero-order chi connectivity index (χ0) is 14.3. The van der Waals surface area contributed by atoms with Crippen LogP contribution in [-0.2, 0) is 6.42 Å². The Morgan fingerprint density at radius 3 is 2.37 bits per heavy atom. The van der Waals surface area contributed by atoms with Crippen LogP contribution in [0.1, 0.15) is 56.7 Å². The van der Waals surface area contributed by atoms with Crippen LogP contribution in [0.2, 0.25) is 0 Å². The largest absolute Gasteiger partial charge is 0.0802 e. The molecule has 2 unspecified atom stereocenters. The fourth-order valence-corrected chi connectivity index (χ4v) is 2.67. The van der Waals surface area contributed by atoms with Crippen LogP contribution in [-0.4, -0.2) is 0 Å². The van der Waals surface area contributed by atoms with Crippen LogP contribution in [0.5, 0.6) is 0 Å². The van der Waals surface area contributed by atoms with Crippen LogP contribution in [0.3, 0.4) is 0 Å². The Labute approximate surface area is 119 Å². The average Bonchev–Trinajstić information content (AvgIpc) is 2.79. The third-order valence-corrected chi connectivity index (χ3v) is 3.36. The van der Waals surface area contributed by atoms with Crippen molar-refractivity contribution in [2.45, 2.75) is 53.4 Å². The number of allylic oxidation sites excluding steroid dienone is 4. The molecule has 0 heterocycles. The maximum atomic E-state index is 2.35. The molecule has 0 bridgehead atoms. The molecule has 0 aromatic heterocycles. The maximum absolute atomic E-state index is 2.35. The number of aryl methyl sites for hydroxylation is 1. The fourth-order valence-electron chi connectivity index (χ4n) is 2.67. The number of hydrogen-bond donors (Lipinski definition) is 0. The number of hydrogen-bond acceptors (Lipinski definition) is 0. The summed E-state index contributed by atoms with van der Waals surface area (Å²) in [5.41, 5.74) is 4.48. The Kier molecular flexibility index (Phi) is 6.62. The summed E-state index contributed by atoms with van der Waals surface area (Å²) < 4.78 is 0. The van der Waals surface area contributed by atoms with Gasteiger partial charge in [-0.1, -0.05) is 82.2 Å². The molecule has 0 saturated carbocycles. The second kappa shape index (κ2) is 7.99. The lowest BCUT2D eigenvalue weighted by Crippen LogP contribution is -2.04. The van der Waals surface area contributed by atoms with E-state index in [1.165, 1.54) is 18.4 Å². The van der Waals surface area contributed by atoms with Gasteiger partial charge in [-0.2, -0.15) is 0 Å². The molecule has 0 saturated heterocycles. The van der Waals surface area contributed by atoms with Gasteiger partial charge in [0.25, 0.3) is 0 Å². The van der Waals surface area contributed by atoms with Crippen LogP contribution in [0, 0.1) is 12.8 Å². The van der Waals surface area contributed by atoms with Crippen molar-refractivity contribution in [3.63, 3.8) is 0 Å². The summed E-state index contributed by atoms with van der Waals surface area (Å²) in [4.78, 5) is 0. The summed E-state index contributed by atoms with van der Waals surface area (Å²) >= 11 is 0. The van der Waals surface area contributed by atoms with Gasteiger partial charge in [0, 0.05) is 5.92 Å². The molecule has 1 aromatic rings. The van der Waals surface area contributed by atoms with Crippen molar-refractivity contribution in [1.82, 2.24) is 0 Å². The molecule has 19 heavy (non-hydrogen) atoms. The van der Waals surface area contributed by atoms with Crippen molar-refractivity contribution in [2.75, 3.05) is 0 Å². The van der Waals surface area contributed by atoms with Crippen LogP contribution in [0.4, 0.5) is 0 Å². The zero-order valence-corrected chi connectivity index (χ0v) is 13.1. The monoisotopic (exact) mass is 256 g/mol. The standard InChI is InChI=1S/C14H14.C3H8.C2H6/c1-10-6-7-14-12(8-10)9-11-4-2-3-5-13(11)14;1-3-2;1-2/h2-8,11,13H,9H2,1H3;3H2,1-2H3;1-2H3. The molecule has 0 radical (unpaired) electrons. The van der Waals surface area contributed by atoms with Gasteiger partial charge in [0.05, 0.1) is 0 Å². The van der Waals surface area contributed by atoms with Crippen molar-refractivity contribution in [3.05, 3.63) is 59.2 Å². The lowest BCUT2D eigenvalue weighted by molar-refractivity contribution is 0.630. The van der Waals surface area contributed by atoms with Crippen LogP contribution < -0.4 is 0 Å². The van der Waals surface area contributed by atoms with Gasteiger partial charge in [0.15, 0.2) is 0 Å². The second-order valence-electron chi connectivity index (χ2n) is 5.07. The molecule has 3 rings (SSSR count). The van der Waals surface area contributed by atoms with Gasteiger partial charge < -0.3 is 0 Å². The van der Waals surface area contributed by atoms with Gasteiger partial charge in [0.2, 0.25) is 0 Å². The Bertz CT molecular complexity index is 437. The summed E-state index contributed by atoms with van der Waals surface area (Å²) in [6.07, 6.45) is 11.5. The lowest BCUT2D eigenvalue weighted by atomic mass is 9.89. The molecule has 2 aliphatic rings. The highest BCUT2D eigenvalue weighted by atomic mass is 14.3. The van der Waals surface area contributed by atoms with Gasteiger partial charge in [-0.25, -0.2) is 0 Å². The van der Waals surface area contributed by atoms with E-state index in [1.807, 2.05) is 13.8 Å². The highest BCUT2D eigenvalue weighted by molar-refractivity contribution is 5.44. The summed E-state index contributed by atoms with van der Waals surface area (Å²) in [7, 11) is 0. The van der Waals surface area contributed by atoms with E-state index in [-0.39, 0.29) is 0 Å². The van der Waals surface area contributed by atoms with Crippen molar-refractivity contribution in [2.24, 2.45) is 5.92 Å². The highest BCUT2D eigenvalue weighted by Gasteiger charge is 2.29. The molecule has 0 fully saturated rings. The first-order chi connectivity index (χ1) is 9.26. The van der Waals surface area contributed by atoms with Crippen molar-refractivity contribution in [3.8, 4) is 0 Å². The molecular formula is C19H28. The first-order valence-corrected chi connectivity index (χ1v) is 7.70. The Balaban J connectivity index is 0.000000321. The predicted molar refractivity (Wildman–Crippen MR) is 86.7 cm³/mol. The summed E-state index contributed by atoms with van der Waals surface area (Å²) in [6.45, 7) is 10.4. The SMILES string of the molecule is CC.CCC.Cc1ccc2c(c1)CC1C=CC=CC21. The summed E-state index contributed by atoms with van der Waals surface area (Å²) in [6, 6.07) is 6.88. The van der Waals surface area contributed by atoms with Crippen molar-refractivity contribution in [1.29, 1.82) is 0 Å². The first-order valence-electron chi connectivity index (χ1n) is 7.70. The van der Waals surface area contributed by atoms with E-state index in [2.05, 4.69) is 63.3 Å². The maximum Gasteiger partial charge on any atom is 0.00899 e. The van der Waals surface area contributed by atoms with E-state index in [4.69, 9.17) is 0 Å². The highest BCUT2D eigenvalue weighted by Crippen LogP contribution is 2.41. The van der Waals surface area contributed by atoms with Gasteiger partial charge in [-0.3, -0.25) is 0 Å². The number of rotatable bonds is 0.